The van der Waals surface area contributed by atoms with Crippen LogP contribution in [0.5, 0.6) is 0 Å². The number of carboxylic acids is 1. The van der Waals surface area contributed by atoms with E-state index in [0.29, 0.717) is 9.64 Å². The van der Waals surface area contributed by atoms with Crippen LogP contribution in [0.1, 0.15) is 21.5 Å². The minimum absolute atomic E-state index is 0.0245. The molecule has 0 atom stereocenters. The fourth-order valence-corrected chi connectivity index (χ4v) is 2.26. The lowest BCUT2D eigenvalue weighted by atomic mass is 9.99. The van der Waals surface area contributed by atoms with Crippen molar-refractivity contribution in [2.75, 3.05) is 0 Å². The monoisotopic (exact) mass is 392 g/mol. The SMILES string of the molecule is O=C(O)c1cc(F)c(F)cc1Cc1ccc(I)cc1F. The Morgan fingerprint density at radius 3 is 2.25 bits per heavy atom. The summed E-state index contributed by atoms with van der Waals surface area (Å²) in [6.07, 6.45) is -0.123. The average Bonchev–Trinajstić information content (AvgIpc) is 2.36. The molecule has 0 aliphatic carbocycles. The van der Waals surface area contributed by atoms with Crippen LogP contribution in [0.4, 0.5) is 13.2 Å². The van der Waals surface area contributed by atoms with Crippen molar-refractivity contribution in [1.29, 1.82) is 0 Å². The molecule has 0 radical (unpaired) electrons. The van der Waals surface area contributed by atoms with E-state index >= 15 is 0 Å². The van der Waals surface area contributed by atoms with E-state index in [1.165, 1.54) is 12.1 Å². The molecular formula is C14H8F3IO2. The van der Waals surface area contributed by atoms with Crippen molar-refractivity contribution in [3.05, 3.63) is 68.0 Å². The van der Waals surface area contributed by atoms with Crippen LogP contribution in [-0.2, 0) is 6.42 Å². The first-order valence-corrected chi connectivity index (χ1v) is 6.61. The smallest absolute Gasteiger partial charge is 0.336 e. The second-order valence-electron chi connectivity index (χ2n) is 4.14. The zero-order valence-corrected chi connectivity index (χ0v) is 12.1. The maximum atomic E-state index is 13.7. The Bertz CT molecular complexity index is 686. The molecule has 0 aliphatic heterocycles. The third kappa shape index (κ3) is 3.12. The molecule has 20 heavy (non-hydrogen) atoms. The van der Waals surface area contributed by atoms with Crippen molar-refractivity contribution in [3.63, 3.8) is 0 Å². The highest BCUT2D eigenvalue weighted by Crippen LogP contribution is 2.21. The molecular weight excluding hydrogens is 384 g/mol. The number of benzene rings is 2. The van der Waals surface area contributed by atoms with Gasteiger partial charge >= 0.3 is 5.97 Å². The lowest BCUT2D eigenvalue weighted by Gasteiger charge is -2.08. The van der Waals surface area contributed by atoms with Crippen LogP contribution >= 0.6 is 22.6 Å². The number of carboxylic acid groups (broad SMARTS) is 1. The standard InChI is InChI=1S/C14H8F3IO2/c15-11-5-9(18)2-1-7(11)3-8-4-12(16)13(17)6-10(8)14(19)20/h1-2,4-6H,3H2,(H,19,20). The molecule has 6 heteroatoms. The van der Waals surface area contributed by atoms with E-state index < -0.39 is 23.4 Å². The van der Waals surface area contributed by atoms with Gasteiger partial charge in [-0.25, -0.2) is 18.0 Å². The molecule has 2 aromatic carbocycles. The minimum Gasteiger partial charge on any atom is -0.478 e. The van der Waals surface area contributed by atoms with Crippen LogP contribution in [0.15, 0.2) is 30.3 Å². The predicted octanol–water partition coefficient (Wildman–Crippen LogP) is 4.00. The summed E-state index contributed by atoms with van der Waals surface area (Å²) in [5.74, 6) is -4.30. The third-order valence-electron chi connectivity index (χ3n) is 2.77. The zero-order valence-electron chi connectivity index (χ0n) is 9.96. The van der Waals surface area contributed by atoms with Crippen molar-refractivity contribution in [2.45, 2.75) is 6.42 Å². The summed E-state index contributed by atoms with van der Waals surface area (Å²) >= 11 is 1.94. The Morgan fingerprint density at radius 1 is 1.00 bits per heavy atom. The molecule has 0 fully saturated rings. The van der Waals surface area contributed by atoms with Gasteiger partial charge in [-0.2, -0.15) is 0 Å². The van der Waals surface area contributed by atoms with Crippen molar-refractivity contribution < 1.29 is 23.1 Å². The van der Waals surface area contributed by atoms with E-state index in [9.17, 15) is 18.0 Å². The normalized spacial score (nSPS) is 10.6. The molecule has 0 saturated carbocycles. The van der Waals surface area contributed by atoms with Crippen molar-refractivity contribution in [1.82, 2.24) is 0 Å². The molecule has 0 saturated heterocycles. The van der Waals surface area contributed by atoms with Crippen molar-refractivity contribution >= 4 is 28.6 Å². The van der Waals surface area contributed by atoms with Crippen LogP contribution in [0.25, 0.3) is 0 Å². The number of carbonyl (C=O) groups is 1. The topological polar surface area (TPSA) is 37.3 Å². The lowest BCUT2D eigenvalue weighted by molar-refractivity contribution is 0.0695. The van der Waals surface area contributed by atoms with Gasteiger partial charge in [0.1, 0.15) is 5.82 Å². The summed E-state index contributed by atoms with van der Waals surface area (Å²) in [5.41, 5.74) is -0.128. The Kier molecular flexibility index (Phi) is 4.32. The van der Waals surface area contributed by atoms with Crippen LogP contribution in [-0.4, -0.2) is 11.1 Å². The van der Waals surface area contributed by atoms with Crippen LogP contribution < -0.4 is 0 Å². The van der Waals surface area contributed by atoms with Crippen molar-refractivity contribution in [3.8, 4) is 0 Å². The molecule has 2 aromatic rings. The second-order valence-corrected chi connectivity index (χ2v) is 5.39. The molecule has 0 aliphatic rings. The average molecular weight is 392 g/mol. The fourth-order valence-electron chi connectivity index (χ4n) is 1.80. The summed E-state index contributed by atoms with van der Waals surface area (Å²) in [5, 5.41) is 8.99. The Balaban J connectivity index is 2.47. The highest BCUT2D eigenvalue weighted by atomic mass is 127. The Morgan fingerprint density at radius 2 is 1.65 bits per heavy atom. The van der Waals surface area contributed by atoms with Gasteiger partial charge in [0, 0.05) is 9.99 Å². The fraction of sp³-hybridized carbons (Fsp3) is 0.0714. The Hall–Kier alpha value is -1.57. The van der Waals surface area contributed by atoms with Crippen LogP contribution in [0.2, 0.25) is 0 Å². The molecule has 0 heterocycles. The zero-order chi connectivity index (χ0) is 14.9. The summed E-state index contributed by atoms with van der Waals surface area (Å²) in [6, 6.07) is 5.83. The summed E-state index contributed by atoms with van der Waals surface area (Å²) in [7, 11) is 0. The van der Waals surface area contributed by atoms with Gasteiger partial charge in [-0.1, -0.05) is 6.07 Å². The highest BCUT2D eigenvalue weighted by molar-refractivity contribution is 14.1. The van der Waals surface area contributed by atoms with Gasteiger partial charge in [-0.05, 0) is 58.0 Å². The van der Waals surface area contributed by atoms with Gasteiger partial charge in [0.2, 0.25) is 0 Å². The van der Waals surface area contributed by atoms with E-state index in [0.717, 1.165) is 6.07 Å². The molecule has 0 amide bonds. The number of aromatic carboxylic acids is 1. The quantitative estimate of drug-likeness (QED) is 0.803. The number of hydrogen-bond donors (Lipinski definition) is 1. The van der Waals surface area contributed by atoms with Gasteiger partial charge in [0.05, 0.1) is 5.56 Å². The maximum Gasteiger partial charge on any atom is 0.336 e. The Labute approximate surface area is 126 Å². The van der Waals surface area contributed by atoms with Gasteiger partial charge in [-0.3, -0.25) is 0 Å². The van der Waals surface area contributed by atoms with Gasteiger partial charge in [-0.15, -0.1) is 0 Å². The summed E-state index contributed by atoms with van der Waals surface area (Å²) in [6.45, 7) is 0. The lowest BCUT2D eigenvalue weighted by Crippen LogP contribution is -2.06. The molecule has 0 aromatic heterocycles. The van der Waals surface area contributed by atoms with Crippen molar-refractivity contribution in [2.24, 2.45) is 0 Å². The number of halogens is 4. The second kappa shape index (κ2) is 5.82. The highest BCUT2D eigenvalue weighted by Gasteiger charge is 2.16. The molecule has 0 unspecified atom stereocenters. The molecule has 1 N–H and O–H groups in total. The molecule has 2 rings (SSSR count). The number of hydrogen-bond acceptors (Lipinski definition) is 1. The third-order valence-corrected chi connectivity index (χ3v) is 3.44. The maximum absolute atomic E-state index is 13.7. The minimum atomic E-state index is -1.38. The van der Waals surface area contributed by atoms with E-state index in [2.05, 4.69) is 0 Å². The van der Waals surface area contributed by atoms with Crippen LogP contribution in [0.3, 0.4) is 0 Å². The first-order valence-electron chi connectivity index (χ1n) is 5.53. The van der Waals surface area contributed by atoms with E-state index in [4.69, 9.17) is 5.11 Å². The van der Waals surface area contributed by atoms with Crippen LogP contribution in [0, 0.1) is 21.0 Å². The first kappa shape index (κ1) is 14.8. The van der Waals surface area contributed by atoms with E-state index in [1.54, 1.807) is 6.07 Å². The first-order chi connectivity index (χ1) is 9.38. The molecule has 104 valence electrons. The van der Waals surface area contributed by atoms with E-state index in [1.807, 2.05) is 22.6 Å². The molecule has 0 spiro atoms. The largest absolute Gasteiger partial charge is 0.478 e. The summed E-state index contributed by atoms with van der Waals surface area (Å²) < 4.78 is 40.7. The number of rotatable bonds is 3. The van der Waals surface area contributed by atoms with Gasteiger partial charge < -0.3 is 5.11 Å². The van der Waals surface area contributed by atoms with Gasteiger partial charge in [0.15, 0.2) is 11.6 Å². The molecule has 2 nitrogen and oxygen atoms in total. The predicted molar refractivity (Wildman–Crippen MR) is 75.2 cm³/mol. The summed E-state index contributed by atoms with van der Waals surface area (Å²) in [4.78, 5) is 11.0. The molecule has 0 bridgehead atoms. The van der Waals surface area contributed by atoms with E-state index in [-0.39, 0.29) is 23.1 Å². The van der Waals surface area contributed by atoms with Gasteiger partial charge in [0.25, 0.3) is 0 Å².